The van der Waals surface area contributed by atoms with E-state index < -0.39 is 99.5 Å². The van der Waals surface area contributed by atoms with Gasteiger partial charge in [-0.3, -0.25) is 4.79 Å². The van der Waals surface area contributed by atoms with Gasteiger partial charge in [0.15, 0.2) is 12.6 Å². The van der Waals surface area contributed by atoms with Gasteiger partial charge in [-0.15, -0.1) is 0 Å². The molecule has 2 saturated heterocycles. The molecule has 13 atom stereocenters. The highest BCUT2D eigenvalue weighted by molar-refractivity contribution is 5.76. The zero-order valence-electron chi connectivity index (χ0n) is 44.9. The lowest BCUT2D eigenvalue weighted by atomic mass is 9.98. The van der Waals surface area contributed by atoms with Gasteiger partial charge in [-0.05, 0) is 12.8 Å². The largest absolute Gasteiger partial charge is 0.394 e. The Kier molecular flexibility index (Phi) is 40.1. The Balaban J connectivity index is 1.75. The lowest BCUT2D eigenvalue weighted by Gasteiger charge is -2.43. The lowest BCUT2D eigenvalue weighted by molar-refractivity contribution is -0.331. The maximum absolute atomic E-state index is 13.3. The van der Waals surface area contributed by atoms with Gasteiger partial charge in [0.2, 0.25) is 5.91 Å². The number of hydrogen-bond acceptors (Lipinski definition) is 14. The molecule has 15 heteroatoms. The standard InChI is InChI=1S/C56H109NO14/c1-3-5-7-9-11-13-15-17-18-19-20-21-22-23-24-25-26-27-29-31-33-35-37-39-47(60)57-43(48(61)44(59)38-36-34-32-30-28-16-14-12-10-8-6-4-2)41-68-55-54(67)52(65)50(63)46(71-55)42-69-56-53(66)51(64)49(62)45(40-58)70-56/h43-46,48-56,58-59,61-67H,3-42H2,1-2H3,(H,57,60)/t43-,44+,45+,46+,48-,49-,50+,51-,52-,53+,54+,55+,56-/m0/s1. The third kappa shape index (κ3) is 29.7. The smallest absolute Gasteiger partial charge is 0.220 e. The maximum Gasteiger partial charge on any atom is 0.220 e. The normalized spacial score (nSPS) is 26.1. The van der Waals surface area contributed by atoms with Crippen LogP contribution in [0.5, 0.6) is 0 Å². The second-order valence-electron chi connectivity index (χ2n) is 21.3. The van der Waals surface area contributed by atoms with Crippen LogP contribution >= 0.6 is 0 Å². The highest BCUT2D eigenvalue weighted by Crippen LogP contribution is 2.27. The molecule has 10 N–H and O–H groups in total. The van der Waals surface area contributed by atoms with Crippen LogP contribution < -0.4 is 5.32 Å². The minimum atomic E-state index is -1.77. The molecule has 15 nitrogen and oxygen atoms in total. The van der Waals surface area contributed by atoms with Crippen LogP contribution in [0.15, 0.2) is 0 Å². The summed E-state index contributed by atoms with van der Waals surface area (Å²) in [5, 5.41) is 97.7. The van der Waals surface area contributed by atoms with Crippen LogP contribution in [0.3, 0.4) is 0 Å². The van der Waals surface area contributed by atoms with Crippen molar-refractivity contribution < 1.29 is 69.7 Å². The average Bonchev–Trinajstić information content (AvgIpc) is 3.37. The predicted molar refractivity (Wildman–Crippen MR) is 278 cm³/mol. The topological polar surface area (TPSA) is 248 Å². The summed E-state index contributed by atoms with van der Waals surface area (Å²) in [6, 6.07) is -1.09. The lowest BCUT2D eigenvalue weighted by Crippen LogP contribution is -2.62. The van der Waals surface area contributed by atoms with Crippen LogP contribution in [-0.2, 0) is 23.7 Å². The molecule has 0 aromatic heterocycles. The predicted octanol–water partition coefficient (Wildman–Crippen LogP) is 8.31. The summed E-state index contributed by atoms with van der Waals surface area (Å²) in [5.74, 6) is -0.315. The van der Waals surface area contributed by atoms with Gasteiger partial charge in [0.1, 0.15) is 54.9 Å². The van der Waals surface area contributed by atoms with Crippen molar-refractivity contribution >= 4 is 5.91 Å². The van der Waals surface area contributed by atoms with E-state index in [4.69, 9.17) is 18.9 Å². The van der Waals surface area contributed by atoms with E-state index in [1.54, 1.807) is 0 Å². The minimum Gasteiger partial charge on any atom is -0.394 e. The van der Waals surface area contributed by atoms with E-state index in [1.807, 2.05) is 0 Å². The zero-order chi connectivity index (χ0) is 51.9. The zero-order valence-corrected chi connectivity index (χ0v) is 44.9. The summed E-state index contributed by atoms with van der Waals surface area (Å²) in [4.78, 5) is 13.3. The molecule has 1 amide bonds. The molecule has 0 radical (unpaired) electrons. The van der Waals surface area contributed by atoms with Crippen LogP contribution in [0, 0.1) is 0 Å². The fourth-order valence-electron chi connectivity index (χ4n) is 9.99. The van der Waals surface area contributed by atoms with Crippen molar-refractivity contribution in [1.29, 1.82) is 0 Å². The number of aliphatic hydroxyl groups is 9. The Hall–Kier alpha value is -1.05. The van der Waals surface area contributed by atoms with Gasteiger partial charge in [0, 0.05) is 6.42 Å². The Morgan fingerprint density at radius 3 is 1.18 bits per heavy atom. The fraction of sp³-hybridized carbons (Fsp3) is 0.982. The third-order valence-corrected chi connectivity index (χ3v) is 14.9. The molecule has 2 rings (SSSR count). The van der Waals surface area contributed by atoms with Gasteiger partial charge in [-0.25, -0.2) is 0 Å². The first-order valence-electron chi connectivity index (χ1n) is 29.4. The van der Waals surface area contributed by atoms with Crippen LogP contribution in [0.1, 0.15) is 251 Å². The highest BCUT2D eigenvalue weighted by atomic mass is 16.7. The fourth-order valence-corrected chi connectivity index (χ4v) is 9.99. The molecular weight excluding hydrogens is 911 g/mol. The van der Waals surface area contributed by atoms with Crippen LogP contribution in [-0.4, -0.2) is 151 Å². The molecular formula is C56H109NO14. The first kappa shape index (κ1) is 66.1. The van der Waals surface area contributed by atoms with Crippen molar-refractivity contribution in [3.63, 3.8) is 0 Å². The van der Waals surface area contributed by atoms with Crippen molar-refractivity contribution in [3.05, 3.63) is 0 Å². The summed E-state index contributed by atoms with van der Waals surface area (Å²) < 4.78 is 22.5. The molecule has 2 aliphatic heterocycles. The van der Waals surface area contributed by atoms with E-state index in [0.29, 0.717) is 19.3 Å². The molecule has 0 bridgehead atoms. The molecule has 2 fully saturated rings. The molecule has 0 spiro atoms. The van der Waals surface area contributed by atoms with Crippen LogP contribution in [0.25, 0.3) is 0 Å². The summed E-state index contributed by atoms with van der Waals surface area (Å²) in [6.07, 6.45) is 25.5. The molecule has 0 aromatic carbocycles. The van der Waals surface area contributed by atoms with Crippen LogP contribution in [0.4, 0.5) is 0 Å². The summed E-state index contributed by atoms with van der Waals surface area (Å²) in [7, 11) is 0. The van der Waals surface area contributed by atoms with Crippen LogP contribution in [0.2, 0.25) is 0 Å². The van der Waals surface area contributed by atoms with E-state index in [2.05, 4.69) is 19.2 Å². The number of hydrogen-bond donors (Lipinski definition) is 10. The molecule has 422 valence electrons. The molecule has 2 aliphatic rings. The number of ether oxygens (including phenoxy) is 4. The Morgan fingerprint density at radius 2 is 0.789 bits per heavy atom. The van der Waals surface area contributed by atoms with Crippen molar-refractivity contribution in [3.8, 4) is 0 Å². The number of nitrogens with one attached hydrogen (secondary N) is 1. The molecule has 0 saturated carbocycles. The molecule has 0 aromatic rings. The molecule has 2 heterocycles. The molecule has 0 unspecified atom stereocenters. The Morgan fingerprint density at radius 1 is 0.451 bits per heavy atom. The summed E-state index contributed by atoms with van der Waals surface area (Å²) in [6.45, 7) is 2.88. The monoisotopic (exact) mass is 1020 g/mol. The first-order valence-corrected chi connectivity index (χ1v) is 29.4. The van der Waals surface area contributed by atoms with Crippen molar-refractivity contribution in [2.75, 3.05) is 19.8 Å². The van der Waals surface area contributed by atoms with Crippen molar-refractivity contribution in [1.82, 2.24) is 5.32 Å². The summed E-state index contributed by atoms with van der Waals surface area (Å²) >= 11 is 0. The SMILES string of the molecule is CCCCCCCCCCCCCCCCCCCCCCCCCC(=O)N[C@@H](CO[C@@H]1O[C@H](CO[C@H]2O[C@H](CO)[C@H](O)[C@H](O)[C@H]2O)[C@@H](O)[C@H](O)[C@H]1O)[C@H](O)[C@H](O)CCCCCCCCCCCCCC. The molecule has 0 aliphatic carbocycles. The van der Waals surface area contributed by atoms with Crippen molar-refractivity contribution in [2.24, 2.45) is 0 Å². The average molecular weight is 1020 g/mol. The Bertz CT molecular complexity index is 1220. The van der Waals surface area contributed by atoms with E-state index in [1.165, 1.54) is 173 Å². The third-order valence-electron chi connectivity index (χ3n) is 14.9. The molecule has 71 heavy (non-hydrogen) atoms. The quantitative estimate of drug-likeness (QED) is 0.0258. The number of unbranched alkanes of at least 4 members (excludes halogenated alkanes) is 33. The second-order valence-corrected chi connectivity index (χ2v) is 21.3. The second kappa shape index (κ2) is 43.1. The van der Waals surface area contributed by atoms with Gasteiger partial charge in [-0.1, -0.05) is 232 Å². The minimum absolute atomic E-state index is 0.224. The summed E-state index contributed by atoms with van der Waals surface area (Å²) in [5.41, 5.74) is 0. The van der Waals surface area contributed by atoms with E-state index in [0.717, 1.165) is 38.5 Å². The van der Waals surface area contributed by atoms with Gasteiger partial charge in [0.25, 0.3) is 0 Å². The van der Waals surface area contributed by atoms with E-state index in [9.17, 15) is 50.8 Å². The highest BCUT2D eigenvalue weighted by Gasteiger charge is 2.48. The van der Waals surface area contributed by atoms with Gasteiger partial charge < -0.3 is 70.2 Å². The maximum atomic E-state index is 13.3. The van der Waals surface area contributed by atoms with Gasteiger partial charge in [0.05, 0.1) is 32.0 Å². The van der Waals surface area contributed by atoms with Gasteiger partial charge >= 0.3 is 0 Å². The number of carbonyl (C=O) groups is 1. The Labute approximate surface area is 430 Å². The van der Waals surface area contributed by atoms with Crippen molar-refractivity contribution in [2.45, 2.75) is 331 Å². The van der Waals surface area contributed by atoms with E-state index >= 15 is 0 Å². The first-order chi connectivity index (χ1) is 34.5. The number of rotatable bonds is 47. The van der Waals surface area contributed by atoms with E-state index in [-0.39, 0.29) is 12.3 Å². The van der Waals surface area contributed by atoms with Gasteiger partial charge in [-0.2, -0.15) is 0 Å². The number of amides is 1. The number of aliphatic hydroxyl groups excluding tert-OH is 9. The number of carbonyl (C=O) groups excluding carboxylic acids is 1.